The zero-order valence-corrected chi connectivity index (χ0v) is 20.4. The van der Waals surface area contributed by atoms with Crippen LogP contribution >= 0.6 is 0 Å². The summed E-state index contributed by atoms with van der Waals surface area (Å²) >= 11 is 0. The maximum absolute atomic E-state index is 13.3. The van der Waals surface area contributed by atoms with Gasteiger partial charge in [-0.1, -0.05) is 43.2 Å². The van der Waals surface area contributed by atoms with E-state index in [1.807, 2.05) is 41.3 Å². The minimum absolute atomic E-state index is 0.0495. The van der Waals surface area contributed by atoms with Crippen molar-refractivity contribution < 1.29 is 14.3 Å². The van der Waals surface area contributed by atoms with Crippen LogP contribution in [-0.2, 0) is 14.3 Å². The van der Waals surface area contributed by atoms with Crippen LogP contribution in [0.3, 0.4) is 0 Å². The summed E-state index contributed by atoms with van der Waals surface area (Å²) in [6.07, 6.45) is 9.21. The van der Waals surface area contributed by atoms with Crippen LogP contribution in [0.15, 0.2) is 36.4 Å². The summed E-state index contributed by atoms with van der Waals surface area (Å²) < 4.78 is 5.41. The molecule has 0 unspecified atom stereocenters. The summed E-state index contributed by atoms with van der Waals surface area (Å²) in [4.78, 5) is 32.6. The monoisotopic (exact) mass is 468 g/mol. The highest BCUT2D eigenvalue weighted by Crippen LogP contribution is 2.31. The molecule has 186 valence electrons. The molecule has 4 rings (SSSR count). The van der Waals surface area contributed by atoms with Crippen LogP contribution in [0.25, 0.3) is 6.08 Å². The molecule has 0 bridgehead atoms. The highest BCUT2D eigenvalue weighted by atomic mass is 16.5. The highest BCUT2D eigenvalue weighted by molar-refractivity contribution is 5.91. The van der Waals surface area contributed by atoms with Crippen molar-refractivity contribution in [1.82, 2.24) is 20.0 Å². The summed E-state index contributed by atoms with van der Waals surface area (Å²) in [5.74, 6) is 0.658. The molecule has 0 radical (unpaired) electrons. The van der Waals surface area contributed by atoms with E-state index >= 15 is 0 Å². The summed E-state index contributed by atoms with van der Waals surface area (Å²) in [6, 6.07) is 9.84. The smallest absolute Gasteiger partial charge is 0.246 e. The number of carbonyl (C=O) groups is 2. The van der Waals surface area contributed by atoms with Crippen molar-refractivity contribution in [2.75, 3.05) is 65.6 Å². The molecule has 34 heavy (non-hydrogen) atoms. The highest BCUT2D eigenvalue weighted by Gasteiger charge is 2.37. The first-order chi connectivity index (χ1) is 16.7. The standard InChI is InChI=1S/C27H40N4O3/c32-25(12-11-23-7-2-1-3-8-23)30-15-17-31(18-16-30)26(24-9-4-5-10-24)27(33)28-13-6-14-29-19-21-34-22-20-29/h1-3,7-8,11-12,24,26H,4-6,9-10,13-22H2,(H,28,33)/b12-11+/t26-/m1/s1. The lowest BCUT2D eigenvalue weighted by molar-refractivity contribution is -0.132. The molecule has 1 saturated carbocycles. The molecule has 1 aromatic rings. The molecule has 1 aliphatic carbocycles. The Morgan fingerprint density at radius 2 is 1.71 bits per heavy atom. The van der Waals surface area contributed by atoms with Crippen molar-refractivity contribution in [2.24, 2.45) is 5.92 Å². The molecule has 1 N–H and O–H groups in total. The lowest BCUT2D eigenvalue weighted by Crippen LogP contribution is -2.58. The minimum atomic E-state index is -0.0667. The average Bonchev–Trinajstić information content (AvgIpc) is 3.41. The molecule has 0 aromatic heterocycles. The van der Waals surface area contributed by atoms with Crippen LogP contribution in [0.1, 0.15) is 37.7 Å². The largest absolute Gasteiger partial charge is 0.379 e. The Balaban J connectivity index is 1.25. The summed E-state index contributed by atoms with van der Waals surface area (Å²) in [6.45, 7) is 8.19. The van der Waals surface area contributed by atoms with Crippen LogP contribution in [0.4, 0.5) is 0 Å². The lowest BCUT2D eigenvalue weighted by Gasteiger charge is -2.40. The molecule has 3 fully saturated rings. The Labute approximate surface area is 204 Å². The number of morpholine rings is 1. The van der Waals surface area contributed by atoms with E-state index in [4.69, 9.17) is 4.74 Å². The zero-order chi connectivity index (χ0) is 23.6. The van der Waals surface area contributed by atoms with Crippen LogP contribution in [-0.4, -0.2) is 98.1 Å². The molecule has 7 nitrogen and oxygen atoms in total. The summed E-state index contributed by atoms with van der Waals surface area (Å²) in [7, 11) is 0. The fourth-order valence-corrected chi connectivity index (χ4v) is 5.45. The summed E-state index contributed by atoms with van der Waals surface area (Å²) in [5, 5.41) is 3.24. The molecule has 1 aromatic carbocycles. The van der Waals surface area contributed by atoms with Crippen molar-refractivity contribution in [1.29, 1.82) is 0 Å². The number of rotatable bonds is 9. The number of benzene rings is 1. The number of hydrogen-bond acceptors (Lipinski definition) is 5. The van der Waals surface area contributed by atoms with Crippen LogP contribution < -0.4 is 5.32 Å². The predicted molar refractivity (Wildman–Crippen MR) is 134 cm³/mol. The van der Waals surface area contributed by atoms with E-state index in [0.29, 0.717) is 19.0 Å². The Morgan fingerprint density at radius 3 is 2.41 bits per heavy atom. The van der Waals surface area contributed by atoms with Gasteiger partial charge in [-0.25, -0.2) is 0 Å². The van der Waals surface area contributed by atoms with Gasteiger partial charge in [0.25, 0.3) is 0 Å². The lowest BCUT2D eigenvalue weighted by atomic mass is 9.95. The van der Waals surface area contributed by atoms with Crippen molar-refractivity contribution in [2.45, 2.75) is 38.1 Å². The second-order valence-corrected chi connectivity index (χ2v) is 9.69. The van der Waals surface area contributed by atoms with Crippen molar-refractivity contribution in [3.8, 4) is 0 Å². The van der Waals surface area contributed by atoms with Crippen molar-refractivity contribution >= 4 is 17.9 Å². The van der Waals surface area contributed by atoms with E-state index in [0.717, 1.165) is 77.3 Å². The van der Waals surface area contributed by atoms with E-state index in [2.05, 4.69) is 15.1 Å². The van der Waals surface area contributed by atoms with E-state index in [-0.39, 0.29) is 17.9 Å². The van der Waals surface area contributed by atoms with Gasteiger partial charge in [0.05, 0.1) is 19.3 Å². The molecular formula is C27H40N4O3. The van der Waals surface area contributed by atoms with Crippen LogP contribution in [0, 0.1) is 5.92 Å². The normalized spacial score (nSPS) is 21.7. The van der Waals surface area contributed by atoms with E-state index in [9.17, 15) is 9.59 Å². The fraction of sp³-hybridized carbons (Fsp3) is 0.630. The Bertz CT molecular complexity index is 795. The average molecular weight is 469 g/mol. The molecule has 7 heteroatoms. The van der Waals surface area contributed by atoms with Gasteiger partial charge in [0.2, 0.25) is 11.8 Å². The molecule has 2 saturated heterocycles. The van der Waals surface area contributed by atoms with E-state index < -0.39 is 0 Å². The molecule has 3 aliphatic rings. The number of piperazine rings is 1. The van der Waals surface area contributed by atoms with Gasteiger partial charge in [-0.2, -0.15) is 0 Å². The summed E-state index contributed by atoms with van der Waals surface area (Å²) in [5.41, 5.74) is 1.03. The van der Waals surface area contributed by atoms with Gasteiger partial charge in [0.1, 0.15) is 0 Å². The maximum atomic E-state index is 13.3. The van der Waals surface area contributed by atoms with Gasteiger partial charge in [-0.3, -0.25) is 19.4 Å². The van der Waals surface area contributed by atoms with Gasteiger partial charge in [0, 0.05) is 51.9 Å². The van der Waals surface area contributed by atoms with Gasteiger partial charge in [-0.15, -0.1) is 0 Å². The second-order valence-electron chi connectivity index (χ2n) is 9.69. The Morgan fingerprint density at radius 1 is 1.00 bits per heavy atom. The third-order valence-electron chi connectivity index (χ3n) is 7.41. The van der Waals surface area contributed by atoms with Crippen molar-refractivity contribution in [3.05, 3.63) is 42.0 Å². The maximum Gasteiger partial charge on any atom is 0.246 e. The number of nitrogens with one attached hydrogen (secondary N) is 1. The third-order valence-corrected chi connectivity index (χ3v) is 7.41. The molecule has 1 atom stereocenters. The van der Waals surface area contributed by atoms with E-state index in [1.165, 1.54) is 12.8 Å². The molecule has 2 amide bonds. The fourth-order valence-electron chi connectivity index (χ4n) is 5.45. The number of nitrogens with zero attached hydrogens (tertiary/aromatic N) is 3. The SMILES string of the molecule is O=C(NCCCN1CCOCC1)[C@@H](C1CCCC1)N1CCN(C(=O)/C=C/c2ccccc2)CC1. The molecular weight excluding hydrogens is 428 g/mol. The first-order valence-electron chi connectivity index (χ1n) is 13.0. The van der Waals surface area contributed by atoms with Crippen LogP contribution in [0.5, 0.6) is 0 Å². The van der Waals surface area contributed by atoms with Crippen molar-refractivity contribution in [3.63, 3.8) is 0 Å². The molecule has 0 spiro atoms. The Kier molecular flexibility index (Phi) is 9.53. The zero-order valence-electron chi connectivity index (χ0n) is 20.4. The van der Waals surface area contributed by atoms with Gasteiger partial charge < -0.3 is 15.0 Å². The quantitative estimate of drug-likeness (QED) is 0.445. The number of hydrogen-bond donors (Lipinski definition) is 1. The first-order valence-corrected chi connectivity index (χ1v) is 13.0. The first kappa shape index (κ1) is 24.9. The topological polar surface area (TPSA) is 65.1 Å². The van der Waals surface area contributed by atoms with Crippen LogP contribution in [0.2, 0.25) is 0 Å². The van der Waals surface area contributed by atoms with E-state index in [1.54, 1.807) is 6.08 Å². The molecule has 2 heterocycles. The third kappa shape index (κ3) is 7.14. The van der Waals surface area contributed by atoms with Gasteiger partial charge in [-0.05, 0) is 43.4 Å². The van der Waals surface area contributed by atoms with Gasteiger partial charge >= 0.3 is 0 Å². The van der Waals surface area contributed by atoms with Gasteiger partial charge in [0.15, 0.2) is 0 Å². The minimum Gasteiger partial charge on any atom is -0.379 e. The second kappa shape index (κ2) is 13.0. The number of amides is 2. The number of ether oxygens (including phenoxy) is 1. The predicted octanol–water partition coefficient (Wildman–Crippen LogP) is 2.24. The number of carbonyl (C=O) groups excluding carboxylic acids is 2. The molecule has 2 aliphatic heterocycles. The Hall–Kier alpha value is -2.22.